The molecule has 0 unspecified atom stereocenters. The maximum atomic E-state index is 12.4. The average Bonchev–Trinajstić information content (AvgIpc) is 2.51. The van der Waals surface area contributed by atoms with Gasteiger partial charge in [-0.05, 0) is 39.7 Å². The number of aryl methyl sites for hydroxylation is 2. The van der Waals surface area contributed by atoms with Gasteiger partial charge in [0.2, 0.25) is 5.91 Å². The Hall–Kier alpha value is -2.02. The smallest absolute Gasteiger partial charge is 0.303 e. The maximum absolute atomic E-state index is 12.4. The minimum absolute atomic E-state index is 0.0481. The molecule has 24 heavy (non-hydrogen) atoms. The van der Waals surface area contributed by atoms with E-state index in [0.717, 1.165) is 24.2 Å². The fourth-order valence-corrected chi connectivity index (χ4v) is 2.98. The van der Waals surface area contributed by atoms with E-state index in [9.17, 15) is 9.59 Å². The number of hydrogen-bond donors (Lipinski definition) is 2. The Morgan fingerprint density at radius 2 is 2.12 bits per heavy atom. The Kier molecular flexibility index (Phi) is 5.54. The van der Waals surface area contributed by atoms with Crippen LogP contribution in [-0.4, -0.2) is 50.5 Å². The lowest BCUT2D eigenvalue weighted by molar-refractivity contribution is -0.137. The molecule has 0 radical (unpaired) electrons. The number of carboxylic acids is 1. The Bertz CT molecular complexity index is 625. The van der Waals surface area contributed by atoms with Crippen LogP contribution in [-0.2, 0) is 16.0 Å². The van der Waals surface area contributed by atoms with Gasteiger partial charge in [0, 0.05) is 36.8 Å². The van der Waals surface area contributed by atoms with E-state index in [-0.39, 0.29) is 18.2 Å². The van der Waals surface area contributed by atoms with Crippen molar-refractivity contribution in [3.8, 4) is 0 Å². The second kappa shape index (κ2) is 7.25. The summed E-state index contributed by atoms with van der Waals surface area (Å²) >= 11 is 0. The van der Waals surface area contributed by atoms with E-state index in [1.165, 1.54) is 0 Å². The number of rotatable bonds is 5. The fourth-order valence-electron chi connectivity index (χ4n) is 2.98. The summed E-state index contributed by atoms with van der Waals surface area (Å²) in [6, 6.07) is 1.82. The summed E-state index contributed by atoms with van der Waals surface area (Å²) in [5.74, 6) is -0.144. The lowest BCUT2D eigenvalue weighted by Gasteiger charge is -2.35. The lowest BCUT2D eigenvalue weighted by Crippen LogP contribution is -2.53. The summed E-state index contributed by atoms with van der Waals surface area (Å²) < 4.78 is 0. The van der Waals surface area contributed by atoms with E-state index < -0.39 is 11.5 Å². The molecule has 1 aliphatic rings. The van der Waals surface area contributed by atoms with Crippen LogP contribution in [0, 0.1) is 6.92 Å². The number of aliphatic carboxylic acids is 1. The molecule has 1 fully saturated rings. The highest BCUT2D eigenvalue weighted by Gasteiger charge is 2.32. The predicted octanol–water partition coefficient (Wildman–Crippen LogP) is 1.25. The van der Waals surface area contributed by atoms with Gasteiger partial charge in [0.1, 0.15) is 5.82 Å². The first-order valence-electron chi connectivity index (χ1n) is 8.31. The Morgan fingerprint density at radius 3 is 2.75 bits per heavy atom. The molecule has 0 aromatic carbocycles. The molecule has 3 N–H and O–H groups in total. The molecule has 1 aliphatic heterocycles. The summed E-state index contributed by atoms with van der Waals surface area (Å²) in [6.07, 6.45) is 2.23. The largest absolute Gasteiger partial charge is 0.481 e. The van der Waals surface area contributed by atoms with Crippen molar-refractivity contribution in [1.29, 1.82) is 0 Å². The van der Waals surface area contributed by atoms with Gasteiger partial charge in [0.15, 0.2) is 0 Å². The highest BCUT2D eigenvalue weighted by molar-refractivity contribution is 5.85. The number of aromatic nitrogens is 2. The zero-order valence-electron chi connectivity index (χ0n) is 14.6. The van der Waals surface area contributed by atoms with Crippen LogP contribution in [0.2, 0.25) is 0 Å². The lowest BCUT2D eigenvalue weighted by atomic mass is 9.94. The third kappa shape index (κ3) is 4.74. The van der Waals surface area contributed by atoms with Gasteiger partial charge in [0.25, 0.3) is 0 Å². The van der Waals surface area contributed by atoms with Crippen LogP contribution in [0.1, 0.15) is 56.2 Å². The Labute approximate surface area is 142 Å². The Morgan fingerprint density at radius 1 is 1.42 bits per heavy atom. The van der Waals surface area contributed by atoms with Crippen molar-refractivity contribution in [2.24, 2.45) is 5.73 Å². The third-order valence-electron chi connectivity index (χ3n) is 4.14. The van der Waals surface area contributed by atoms with Gasteiger partial charge in [-0.3, -0.25) is 9.59 Å². The molecule has 7 nitrogen and oxygen atoms in total. The van der Waals surface area contributed by atoms with Gasteiger partial charge in [-0.1, -0.05) is 0 Å². The van der Waals surface area contributed by atoms with Crippen LogP contribution in [0.4, 0.5) is 0 Å². The highest BCUT2D eigenvalue weighted by atomic mass is 16.4. The SMILES string of the molecule is Cc1cc(CCC(=O)O)nc([C@H]2CCCN(C(=O)C(C)(C)N)C2)n1. The predicted molar refractivity (Wildman–Crippen MR) is 89.5 cm³/mol. The molecule has 0 spiro atoms. The number of nitrogens with zero attached hydrogens (tertiary/aromatic N) is 3. The zero-order chi connectivity index (χ0) is 17.9. The van der Waals surface area contributed by atoms with Crippen molar-refractivity contribution in [2.45, 2.75) is 57.9 Å². The van der Waals surface area contributed by atoms with E-state index in [2.05, 4.69) is 9.97 Å². The topological polar surface area (TPSA) is 109 Å². The molecular formula is C17H26N4O3. The number of carbonyl (C=O) groups excluding carboxylic acids is 1. The number of piperidine rings is 1. The third-order valence-corrected chi connectivity index (χ3v) is 4.14. The average molecular weight is 334 g/mol. The van der Waals surface area contributed by atoms with E-state index in [4.69, 9.17) is 10.8 Å². The minimum atomic E-state index is -0.887. The molecule has 1 amide bonds. The van der Waals surface area contributed by atoms with Crippen LogP contribution in [0.15, 0.2) is 6.07 Å². The van der Waals surface area contributed by atoms with E-state index in [1.54, 1.807) is 18.7 Å². The molecule has 2 rings (SSSR count). The van der Waals surface area contributed by atoms with Gasteiger partial charge >= 0.3 is 5.97 Å². The van der Waals surface area contributed by atoms with Gasteiger partial charge in [-0.25, -0.2) is 9.97 Å². The fraction of sp³-hybridized carbons (Fsp3) is 0.647. The number of nitrogens with two attached hydrogens (primary N) is 1. The van der Waals surface area contributed by atoms with Crippen molar-refractivity contribution in [3.05, 3.63) is 23.3 Å². The van der Waals surface area contributed by atoms with E-state index in [0.29, 0.717) is 25.3 Å². The quantitative estimate of drug-likeness (QED) is 0.838. The first-order valence-corrected chi connectivity index (χ1v) is 8.31. The maximum Gasteiger partial charge on any atom is 0.303 e. The second-order valence-corrected chi connectivity index (χ2v) is 7.06. The molecule has 0 aliphatic carbocycles. The van der Waals surface area contributed by atoms with Crippen LogP contribution in [0.5, 0.6) is 0 Å². The molecule has 0 saturated carbocycles. The summed E-state index contributed by atoms with van der Waals surface area (Å²) in [5.41, 5.74) is 6.61. The van der Waals surface area contributed by atoms with Crippen molar-refractivity contribution in [3.63, 3.8) is 0 Å². The zero-order valence-corrected chi connectivity index (χ0v) is 14.6. The molecule has 1 saturated heterocycles. The number of hydrogen-bond acceptors (Lipinski definition) is 5. The molecule has 1 aromatic rings. The van der Waals surface area contributed by atoms with Crippen molar-refractivity contribution < 1.29 is 14.7 Å². The molecular weight excluding hydrogens is 308 g/mol. The summed E-state index contributed by atoms with van der Waals surface area (Å²) in [5, 5.41) is 8.83. The minimum Gasteiger partial charge on any atom is -0.481 e. The summed E-state index contributed by atoms with van der Waals surface area (Å²) in [6.45, 7) is 6.57. The Balaban J connectivity index is 2.15. The molecule has 0 bridgehead atoms. The van der Waals surface area contributed by atoms with Gasteiger partial charge < -0.3 is 15.7 Å². The van der Waals surface area contributed by atoms with Crippen molar-refractivity contribution in [1.82, 2.24) is 14.9 Å². The van der Waals surface area contributed by atoms with Crippen molar-refractivity contribution >= 4 is 11.9 Å². The first kappa shape index (κ1) is 18.3. The molecule has 1 aromatic heterocycles. The molecule has 132 valence electrons. The molecule has 2 heterocycles. The van der Waals surface area contributed by atoms with Gasteiger partial charge in [0.05, 0.1) is 12.0 Å². The standard InChI is InChI=1S/C17H26N4O3/c1-11-9-13(6-7-14(22)23)20-15(19-11)12-5-4-8-21(10-12)16(24)17(2,3)18/h9,12H,4-8,10,18H2,1-3H3,(H,22,23)/t12-/m0/s1. The number of carbonyl (C=O) groups is 2. The van der Waals surface area contributed by atoms with Crippen LogP contribution in [0.25, 0.3) is 0 Å². The second-order valence-electron chi connectivity index (χ2n) is 7.06. The van der Waals surface area contributed by atoms with Gasteiger partial charge in [-0.15, -0.1) is 0 Å². The number of amides is 1. The van der Waals surface area contributed by atoms with Crippen LogP contribution in [0.3, 0.4) is 0 Å². The van der Waals surface area contributed by atoms with Gasteiger partial charge in [-0.2, -0.15) is 0 Å². The van der Waals surface area contributed by atoms with E-state index >= 15 is 0 Å². The normalized spacial score (nSPS) is 18.5. The summed E-state index contributed by atoms with van der Waals surface area (Å²) in [4.78, 5) is 34.0. The van der Waals surface area contributed by atoms with Crippen LogP contribution >= 0.6 is 0 Å². The monoisotopic (exact) mass is 334 g/mol. The number of carboxylic acid groups (broad SMARTS) is 1. The van der Waals surface area contributed by atoms with Crippen LogP contribution < -0.4 is 5.73 Å². The molecule has 1 atom stereocenters. The first-order chi connectivity index (χ1) is 11.2. The van der Waals surface area contributed by atoms with Crippen molar-refractivity contribution in [2.75, 3.05) is 13.1 Å². The van der Waals surface area contributed by atoms with E-state index in [1.807, 2.05) is 13.0 Å². The summed E-state index contributed by atoms with van der Waals surface area (Å²) in [7, 11) is 0. The highest BCUT2D eigenvalue weighted by Crippen LogP contribution is 2.26. The molecule has 7 heteroatoms. The number of likely N-dealkylation sites (tertiary alicyclic amines) is 1.